The van der Waals surface area contributed by atoms with Gasteiger partial charge >= 0.3 is 0 Å². The van der Waals surface area contributed by atoms with Gasteiger partial charge in [-0.05, 0) is 55.0 Å². The van der Waals surface area contributed by atoms with Crippen LogP contribution >= 0.6 is 11.6 Å². The molecule has 1 N–H and O–H groups in total. The molecule has 0 aromatic heterocycles. The van der Waals surface area contributed by atoms with Crippen molar-refractivity contribution in [2.75, 3.05) is 20.3 Å². The lowest BCUT2D eigenvalue weighted by molar-refractivity contribution is 0.0947. The Morgan fingerprint density at radius 2 is 1.91 bits per heavy atom. The summed E-state index contributed by atoms with van der Waals surface area (Å²) in [5, 5.41) is 3.49. The number of amides is 1. The average molecular weight is 320 g/mol. The largest absolute Gasteiger partial charge is 0.497 e. The predicted octanol–water partition coefficient (Wildman–Crippen LogP) is 3.47. The van der Waals surface area contributed by atoms with Gasteiger partial charge in [0.25, 0.3) is 5.91 Å². The minimum Gasteiger partial charge on any atom is -0.497 e. The van der Waals surface area contributed by atoms with Crippen molar-refractivity contribution in [3.05, 3.63) is 58.6 Å². The van der Waals surface area contributed by atoms with E-state index in [0.29, 0.717) is 23.7 Å². The second-order valence-electron chi connectivity index (χ2n) is 4.74. The van der Waals surface area contributed by atoms with Crippen molar-refractivity contribution in [1.82, 2.24) is 5.32 Å². The molecule has 0 bridgehead atoms. The molecule has 22 heavy (non-hydrogen) atoms. The van der Waals surface area contributed by atoms with E-state index >= 15 is 0 Å². The van der Waals surface area contributed by atoms with E-state index in [9.17, 15) is 4.79 Å². The zero-order chi connectivity index (χ0) is 15.9. The maximum absolute atomic E-state index is 11.9. The van der Waals surface area contributed by atoms with Gasteiger partial charge in [-0.2, -0.15) is 0 Å². The van der Waals surface area contributed by atoms with Gasteiger partial charge in [-0.3, -0.25) is 4.79 Å². The Morgan fingerprint density at radius 1 is 1.18 bits per heavy atom. The number of methoxy groups -OCH3 is 1. The highest BCUT2D eigenvalue weighted by Crippen LogP contribution is 2.21. The smallest absolute Gasteiger partial charge is 0.251 e. The molecule has 0 heterocycles. The van der Waals surface area contributed by atoms with Crippen LogP contribution in [0, 0.1) is 6.92 Å². The topological polar surface area (TPSA) is 47.6 Å². The zero-order valence-corrected chi connectivity index (χ0v) is 13.3. The molecule has 4 nitrogen and oxygen atoms in total. The van der Waals surface area contributed by atoms with Crippen LogP contribution < -0.4 is 14.8 Å². The molecule has 2 aromatic carbocycles. The first-order valence-electron chi connectivity index (χ1n) is 6.91. The number of carbonyl (C=O) groups excluding carboxylic acids is 1. The molecular weight excluding hydrogens is 302 g/mol. The standard InChI is InChI=1S/C17H18ClNO3/c1-12-11-14(18)5-8-16(12)22-10-9-19-17(20)13-3-6-15(21-2)7-4-13/h3-8,11H,9-10H2,1-2H3,(H,19,20). The molecule has 0 spiro atoms. The van der Waals surface area contributed by atoms with Crippen LogP contribution in [-0.4, -0.2) is 26.2 Å². The second-order valence-corrected chi connectivity index (χ2v) is 5.18. The molecule has 0 aliphatic heterocycles. The maximum Gasteiger partial charge on any atom is 0.251 e. The number of rotatable bonds is 6. The third-order valence-corrected chi connectivity index (χ3v) is 3.37. The first-order valence-corrected chi connectivity index (χ1v) is 7.29. The molecular formula is C17H18ClNO3. The maximum atomic E-state index is 11.9. The fraction of sp³-hybridized carbons (Fsp3) is 0.235. The second kappa shape index (κ2) is 7.71. The minimum atomic E-state index is -0.140. The van der Waals surface area contributed by atoms with E-state index in [1.807, 2.05) is 19.1 Å². The fourth-order valence-corrected chi connectivity index (χ4v) is 2.17. The van der Waals surface area contributed by atoms with E-state index in [1.54, 1.807) is 37.4 Å². The molecule has 2 aromatic rings. The third-order valence-electron chi connectivity index (χ3n) is 3.13. The molecule has 116 valence electrons. The lowest BCUT2D eigenvalue weighted by Gasteiger charge is -2.10. The summed E-state index contributed by atoms with van der Waals surface area (Å²) < 4.78 is 10.7. The number of ether oxygens (including phenoxy) is 2. The Kier molecular flexibility index (Phi) is 5.67. The van der Waals surface area contributed by atoms with E-state index in [4.69, 9.17) is 21.1 Å². The Labute approximate surface area is 135 Å². The van der Waals surface area contributed by atoms with Crippen molar-refractivity contribution in [2.24, 2.45) is 0 Å². The molecule has 5 heteroatoms. The van der Waals surface area contributed by atoms with Crippen molar-refractivity contribution < 1.29 is 14.3 Å². The molecule has 0 radical (unpaired) electrons. The first kappa shape index (κ1) is 16.2. The van der Waals surface area contributed by atoms with E-state index in [1.165, 1.54) is 0 Å². The van der Waals surface area contributed by atoms with E-state index < -0.39 is 0 Å². The normalized spacial score (nSPS) is 10.1. The molecule has 0 saturated carbocycles. The van der Waals surface area contributed by atoms with Gasteiger partial charge in [0.15, 0.2) is 0 Å². The van der Waals surface area contributed by atoms with Gasteiger partial charge in [0.1, 0.15) is 18.1 Å². The van der Waals surface area contributed by atoms with Crippen LogP contribution in [0.3, 0.4) is 0 Å². The molecule has 0 fully saturated rings. The SMILES string of the molecule is COc1ccc(C(=O)NCCOc2ccc(Cl)cc2C)cc1. The van der Waals surface area contributed by atoms with Gasteiger partial charge in [-0.15, -0.1) is 0 Å². The summed E-state index contributed by atoms with van der Waals surface area (Å²) in [4.78, 5) is 11.9. The number of hydrogen-bond donors (Lipinski definition) is 1. The molecule has 0 aliphatic rings. The lowest BCUT2D eigenvalue weighted by atomic mass is 10.2. The quantitative estimate of drug-likeness (QED) is 0.829. The average Bonchev–Trinajstić information content (AvgIpc) is 2.53. The Bertz CT molecular complexity index is 641. The Morgan fingerprint density at radius 3 is 2.55 bits per heavy atom. The van der Waals surface area contributed by atoms with Crippen molar-refractivity contribution in [1.29, 1.82) is 0 Å². The molecule has 0 unspecified atom stereocenters. The van der Waals surface area contributed by atoms with Crippen molar-refractivity contribution in [3.8, 4) is 11.5 Å². The lowest BCUT2D eigenvalue weighted by Crippen LogP contribution is -2.28. The summed E-state index contributed by atoms with van der Waals surface area (Å²) in [7, 11) is 1.59. The number of carbonyl (C=O) groups is 1. The summed E-state index contributed by atoms with van der Waals surface area (Å²) in [6, 6.07) is 12.4. The third kappa shape index (κ3) is 4.40. The Hall–Kier alpha value is -2.20. The van der Waals surface area contributed by atoms with Crippen molar-refractivity contribution in [3.63, 3.8) is 0 Å². The van der Waals surface area contributed by atoms with Crippen LogP contribution in [0.1, 0.15) is 15.9 Å². The van der Waals surface area contributed by atoms with Gasteiger partial charge in [0.05, 0.1) is 13.7 Å². The van der Waals surface area contributed by atoms with Crippen molar-refractivity contribution in [2.45, 2.75) is 6.92 Å². The summed E-state index contributed by atoms with van der Waals surface area (Å²) in [6.45, 7) is 2.74. The molecule has 0 saturated heterocycles. The van der Waals surface area contributed by atoms with Crippen LogP contribution in [0.15, 0.2) is 42.5 Å². The summed E-state index contributed by atoms with van der Waals surface area (Å²) in [6.07, 6.45) is 0. The molecule has 1 amide bonds. The van der Waals surface area contributed by atoms with Gasteiger partial charge in [-0.25, -0.2) is 0 Å². The Balaban J connectivity index is 1.79. The van der Waals surface area contributed by atoms with Gasteiger partial charge in [0.2, 0.25) is 0 Å². The highest BCUT2D eigenvalue weighted by molar-refractivity contribution is 6.30. The highest BCUT2D eigenvalue weighted by atomic mass is 35.5. The van der Waals surface area contributed by atoms with Gasteiger partial charge in [-0.1, -0.05) is 11.6 Å². The summed E-state index contributed by atoms with van der Waals surface area (Å²) >= 11 is 5.89. The fourth-order valence-electron chi connectivity index (χ4n) is 1.94. The monoisotopic (exact) mass is 319 g/mol. The summed E-state index contributed by atoms with van der Waals surface area (Å²) in [5.41, 5.74) is 1.55. The first-order chi connectivity index (χ1) is 10.6. The minimum absolute atomic E-state index is 0.140. The number of hydrogen-bond acceptors (Lipinski definition) is 3. The zero-order valence-electron chi connectivity index (χ0n) is 12.6. The van der Waals surface area contributed by atoms with Crippen LogP contribution in [0.25, 0.3) is 0 Å². The highest BCUT2D eigenvalue weighted by Gasteiger charge is 2.05. The van der Waals surface area contributed by atoms with Crippen LogP contribution in [0.5, 0.6) is 11.5 Å². The number of benzene rings is 2. The number of halogens is 1. The van der Waals surface area contributed by atoms with Crippen LogP contribution in [0.4, 0.5) is 0 Å². The number of nitrogens with one attached hydrogen (secondary N) is 1. The van der Waals surface area contributed by atoms with E-state index in [-0.39, 0.29) is 5.91 Å². The van der Waals surface area contributed by atoms with Gasteiger partial charge in [0, 0.05) is 10.6 Å². The van der Waals surface area contributed by atoms with Crippen LogP contribution in [0.2, 0.25) is 5.02 Å². The van der Waals surface area contributed by atoms with Gasteiger partial charge < -0.3 is 14.8 Å². The molecule has 2 rings (SSSR count). The molecule has 0 atom stereocenters. The van der Waals surface area contributed by atoms with Crippen molar-refractivity contribution >= 4 is 17.5 Å². The predicted molar refractivity (Wildman–Crippen MR) is 87.0 cm³/mol. The summed E-state index contributed by atoms with van der Waals surface area (Å²) in [5.74, 6) is 1.35. The van der Waals surface area contributed by atoms with E-state index in [2.05, 4.69) is 5.32 Å². The number of aryl methyl sites for hydroxylation is 1. The molecule has 0 aliphatic carbocycles. The van der Waals surface area contributed by atoms with E-state index in [0.717, 1.165) is 17.1 Å². The van der Waals surface area contributed by atoms with Crippen LogP contribution in [-0.2, 0) is 0 Å².